The zero-order valence-corrected chi connectivity index (χ0v) is 11.4. The van der Waals surface area contributed by atoms with Crippen LogP contribution in [-0.4, -0.2) is 37.3 Å². The number of hydrogen-bond acceptors (Lipinski definition) is 7. The van der Waals surface area contributed by atoms with E-state index in [1.165, 1.54) is 39.3 Å². The number of nitrogens with two attached hydrogens (primary N) is 1. The number of esters is 1. The highest BCUT2D eigenvalue weighted by Crippen LogP contribution is 2.31. The van der Waals surface area contributed by atoms with Crippen molar-refractivity contribution in [3.8, 4) is 11.5 Å². The number of ether oxygens (including phenoxy) is 3. The minimum Gasteiger partial charge on any atom is -0.493 e. The van der Waals surface area contributed by atoms with Crippen LogP contribution in [0.4, 0.5) is 5.69 Å². The summed E-state index contributed by atoms with van der Waals surface area (Å²) in [6, 6.07) is 3.87. The highest BCUT2D eigenvalue weighted by molar-refractivity contribution is 5.80. The number of methoxy groups -OCH3 is 2. The fourth-order valence-electron chi connectivity index (χ4n) is 1.41. The number of non-ortho nitro benzene ring substituents is 1. The van der Waals surface area contributed by atoms with Gasteiger partial charge in [0.1, 0.15) is 12.1 Å². The molecular weight excluding hydrogens is 268 g/mol. The molecule has 0 bridgehead atoms. The molecule has 1 aromatic rings. The molecule has 0 spiro atoms. The van der Waals surface area contributed by atoms with Crippen molar-refractivity contribution in [1.29, 1.82) is 0 Å². The average molecular weight is 284 g/mol. The molecular formula is C12H16N2O6. The van der Waals surface area contributed by atoms with E-state index >= 15 is 0 Å². The van der Waals surface area contributed by atoms with E-state index in [1.54, 1.807) is 0 Å². The van der Waals surface area contributed by atoms with E-state index in [9.17, 15) is 14.9 Å². The molecule has 1 rings (SSSR count). The van der Waals surface area contributed by atoms with Gasteiger partial charge in [-0.25, -0.2) is 4.79 Å². The van der Waals surface area contributed by atoms with Crippen molar-refractivity contribution in [1.82, 2.24) is 0 Å². The summed E-state index contributed by atoms with van der Waals surface area (Å²) >= 11 is 0. The third-order valence-corrected chi connectivity index (χ3v) is 2.54. The Morgan fingerprint density at radius 1 is 1.40 bits per heavy atom. The normalized spacial score (nSPS) is 13.2. The van der Waals surface area contributed by atoms with E-state index in [1.807, 2.05) is 0 Å². The Hall–Kier alpha value is -2.35. The van der Waals surface area contributed by atoms with Gasteiger partial charge in [-0.05, 0) is 13.0 Å². The van der Waals surface area contributed by atoms with Gasteiger partial charge in [-0.1, -0.05) is 0 Å². The lowest BCUT2D eigenvalue weighted by atomic mass is 10.1. The first kappa shape index (κ1) is 15.7. The Balaban J connectivity index is 2.88. The van der Waals surface area contributed by atoms with Gasteiger partial charge in [-0.2, -0.15) is 0 Å². The minimum atomic E-state index is -1.33. The summed E-state index contributed by atoms with van der Waals surface area (Å²) in [5.41, 5.74) is 4.28. The fraction of sp³-hybridized carbons (Fsp3) is 0.417. The third-order valence-electron chi connectivity index (χ3n) is 2.54. The number of nitro benzene ring substituents is 1. The van der Waals surface area contributed by atoms with Crippen LogP contribution in [-0.2, 0) is 9.53 Å². The van der Waals surface area contributed by atoms with Crippen LogP contribution in [0.15, 0.2) is 18.2 Å². The van der Waals surface area contributed by atoms with Crippen molar-refractivity contribution in [2.45, 2.75) is 12.5 Å². The molecule has 1 atom stereocenters. The largest absolute Gasteiger partial charge is 0.493 e. The molecule has 0 heterocycles. The number of nitro groups is 1. The molecule has 0 aromatic heterocycles. The predicted molar refractivity (Wildman–Crippen MR) is 69.8 cm³/mol. The van der Waals surface area contributed by atoms with E-state index in [-0.39, 0.29) is 23.8 Å². The molecule has 8 heteroatoms. The van der Waals surface area contributed by atoms with E-state index in [0.29, 0.717) is 0 Å². The summed E-state index contributed by atoms with van der Waals surface area (Å²) in [6.07, 6.45) is 0. The lowest BCUT2D eigenvalue weighted by Gasteiger charge is -2.22. The molecule has 2 N–H and O–H groups in total. The molecule has 1 unspecified atom stereocenters. The maximum atomic E-state index is 11.4. The van der Waals surface area contributed by atoms with Crippen molar-refractivity contribution in [2.24, 2.45) is 5.73 Å². The Morgan fingerprint density at radius 3 is 2.55 bits per heavy atom. The number of benzene rings is 1. The zero-order valence-electron chi connectivity index (χ0n) is 11.4. The molecule has 0 fully saturated rings. The molecule has 110 valence electrons. The van der Waals surface area contributed by atoms with Gasteiger partial charge >= 0.3 is 5.97 Å². The smallest absolute Gasteiger partial charge is 0.329 e. The van der Waals surface area contributed by atoms with E-state index < -0.39 is 16.4 Å². The van der Waals surface area contributed by atoms with Gasteiger partial charge in [0.05, 0.1) is 25.2 Å². The lowest BCUT2D eigenvalue weighted by molar-refractivity contribution is -0.385. The highest BCUT2D eigenvalue weighted by atomic mass is 16.6. The van der Waals surface area contributed by atoms with E-state index in [0.717, 1.165) is 0 Å². The number of hydrogen-bond donors (Lipinski definition) is 1. The number of carbonyl (C=O) groups is 1. The molecule has 8 nitrogen and oxygen atoms in total. The SMILES string of the molecule is COC(=O)C(C)(N)COc1ccc([N+](=O)[O-])cc1OC. The summed E-state index contributed by atoms with van der Waals surface area (Å²) < 4.78 is 14.9. The standard InChI is InChI=1S/C12H16N2O6/c1-12(13,11(15)19-3)7-20-9-5-4-8(14(16)17)6-10(9)18-2/h4-6H,7,13H2,1-3H3. The molecule has 20 heavy (non-hydrogen) atoms. The van der Waals surface area contributed by atoms with Gasteiger partial charge in [-0.15, -0.1) is 0 Å². The van der Waals surface area contributed by atoms with Crippen LogP contribution in [0.2, 0.25) is 0 Å². The summed E-state index contributed by atoms with van der Waals surface area (Å²) in [5, 5.41) is 10.7. The lowest BCUT2D eigenvalue weighted by Crippen LogP contribution is -2.50. The van der Waals surface area contributed by atoms with Gasteiger partial charge < -0.3 is 19.9 Å². The Morgan fingerprint density at radius 2 is 2.05 bits per heavy atom. The van der Waals surface area contributed by atoms with Crippen LogP contribution in [0.25, 0.3) is 0 Å². The predicted octanol–water partition coefficient (Wildman–Crippen LogP) is 0.873. The van der Waals surface area contributed by atoms with Gasteiger partial charge in [0.2, 0.25) is 0 Å². The minimum absolute atomic E-state index is 0.127. The topological polar surface area (TPSA) is 114 Å². The van der Waals surface area contributed by atoms with Crippen molar-refractivity contribution in [2.75, 3.05) is 20.8 Å². The molecule has 0 saturated carbocycles. The Bertz CT molecular complexity index is 515. The average Bonchev–Trinajstić information content (AvgIpc) is 2.43. The van der Waals surface area contributed by atoms with E-state index in [4.69, 9.17) is 15.2 Å². The van der Waals surface area contributed by atoms with Gasteiger partial charge in [0.25, 0.3) is 5.69 Å². The van der Waals surface area contributed by atoms with Crippen molar-refractivity contribution in [3.63, 3.8) is 0 Å². The second kappa shape index (κ2) is 6.20. The maximum Gasteiger partial charge on any atom is 0.329 e. The van der Waals surface area contributed by atoms with Crippen LogP contribution in [0.1, 0.15) is 6.92 Å². The van der Waals surface area contributed by atoms with Gasteiger partial charge in [-0.3, -0.25) is 10.1 Å². The summed E-state index contributed by atoms with van der Waals surface area (Å²) in [7, 11) is 2.58. The van der Waals surface area contributed by atoms with Crippen LogP contribution in [0.5, 0.6) is 11.5 Å². The molecule has 1 aromatic carbocycles. The van der Waals surface area contributed by atoms with Gasteiger partial charge in [0, 0.05) is 6.07 Å². The number of rotatable bonds is 6. The molecule has 0 aliphatic rings. The molecule has 0 radical (unpaired) electrons. The highest BCUT2D eigenvalue weighted by Gasteiger charge is 2.31. The van der Waals surface area contributed by atoms with Crippen LogP contribution in [0.3, 0.4) is 0 Å². The zero-order chi connectivity index (χ0) is 15.3. The molecule has 0 aliphatic carbocycles. The van der Waals surface area contributed by atoms with Crippen LogP contribution >= 0.6 is 0 Å². The Kier molecular flexibility index (Phi) is 4.87. The maximum absolute atomic E-state index is 11.4. The number of nitrogens with zero attached hydrogens (tertiary/aromatic N) is 1. The summed E-state index contributed by atoms with van der Waals surface area (Å²) in [6.45, 7) is 1.30. The van der Waals surface area contributed by atoms with Crippen molar-refractivity contribution in [3.05, 3.63) is 28.3 Å². The Labute approximate surface area is 115 Å². The number of carbonyl (C=O) groups excluding carboxylic acids is 1. The summed E-state index contributed by atoms with van der Waals surface area (Å²) in [4.78, 5) is 21.5. The molecule has 0 amide bonds. The second-order valence-corrected chi connectivity index (χ2v) is 4.29. The fourth-order valence-corrected chi connectivity index (χ4v) is 1.41. The van der Waals surface area contributed by atoms with E-state index in [2.05, 4.69) is 4.74 Å². The summed E-state index contributed by atoms with van der Waals surface area (Å²) in [5.74, 6) is -0.197. The molecule has 0 aliphatic heterocycles. The van der Waals surface area contributed by atoms with Crippen molar-refractivity contribution < 1.29 is 23.9 Å². The first-order valence-corrected chi connectivity index (χ1v) is 5.64. The van der Waals surface area contributed by atoms with Crippen molar-refractivity contribution >= 4 is 11.7 Å². The monoisotopic (exact) mass is 284 g/mol. The van der Waals surface area contributed by atoms with Gasteiger partial charge in [0.15, 0.2) is 11.5 Å². The second-order valence-electron chi connectivity index (χ2n) is 4.29. The first-order valence-electron chi connectivity index (χ1n) is 5.64. The first-order chi connectivity index (χ1) is 9.31. The third kappa shape index (κ3) is 3.58. The van der Waals surface area contributed by atoms with Crippen LogP contribution in [0, 0.1) is 10.1 Å². The molecule has 0 saturated heterocycles. The van der Waals surface area contributed by atoms with Crippen LogP contribution < -0.4 is 15.2 Å². The quantitative estimate of drug-likeness (QED) is 0.468.